The molecule has 0 amide bonds. The molecule has 0 radical (unpaired) electrons. The van der Waals surface area contributed by atoms with Crippen LogP contribution in [0.4, 0.5) is 0 Å². The van der Waals surface area contributed by atoms with Gasteiger partial charge in [-0.05, 0) is 43.7 Å². The molecule has 0 aliphatic carbocycles. The van der Waals surface area contributed by atoms with Crippen molar-refractivity contribution in [1.29, 1.82) is 0 Å². The molecular formula is C17H19N5O2S. The predicted molar refractivity (Wildman–Crippen MR) is 94.2 cm³/mol. The number of sulfonamides is 1. The van der Waals surface area contributed by atoms with Crippen molar-refractivity contribution < 1.29 is 8.42 Å². The lowest BCUT2D eigenvalue weighted by atomic mass is 10.1. The first-order chi connectivity index (χ1) is 11.9. The molecule has 0 aromatic carbocycles. The lowest BCUT2D eigenvalue weighted by Crippen LogP contribution is -2.24. The Morgan fingerprint density at radius 2 is 1.84 bits per heavy atom. The van der Waals surface area contributed by atoms with Gasteiger partial charge in [0, 0.05) is 37.7 Å². The summed E-state index contributed by atoms with van der Waals surface area (Å²) in [6.07, 6.45) is 5.06. The summed E-state index contributed by atoms with van der Waals surface area (Å²) in [5, 5.41) is 4.17. The zero-order chi connectivity index (χ0) is 18.0. The lowest BCUT2D eigenvalue weighted by molar-refractivity contribution is 0.579. The third kappa shape index (κ3) is 3.59. The van der Waals surface area contributed by atoms with Gasteiger partial charge in [0.1, 0.15) is 4.90 Å². The Morgan fingerprint density at radius 1 is 1.12 bits per heavy atom. The fourth-order valence-corrected chi connectivity index (χ4v) is 4.11. The SMILES string of the molecule is Cc1nn(C)c(C)c1S(=O)(=O)NCc1ccnc(-c2ccncc2)c1. The van der Waals surface area contributed by atoms with Gasteiger partial charge in [0.15, 0.2) is 0 Å². The van der Waals surface area contributed by atoms with Gasteiger partial charge >= 0.3 is 0 Å². The lowest BCUT2D eigenvalue weighted by Gasteiger charge is -2.08. The average Bonchev–Trinajstić information content (AvgIpc) is 2.87. The van der Waals surface area contributed by atoms with Gasteiger partial charge in [-0.3, -0.25) is 14.6 Å². The van der Waals surface area contributed by atoms with Crippen molar-refractivity contribution in [1.82, 2.24) is 24.5 Å². The Kier molecular flexibility index (Phi) is 4.65. The third-order valence-corrected chi connectivity index (χ3v) is 5.63. The smallest absolute Gasteiger partial charge is 0.244 e. The fourth-order valence-electron chi connectivity index (χ4n) is 2.66. The van der Waals surface area contributed by atoms with Crippen LogP contribution in [0.15, 0.2) is 47.8 Å². The fraction of sp³-hybridized carbons (Fsp3) is 0.235. The van der Waals surface area contributed by atoms with Crippen LogP contribution in [0, 0.1) is 13.8 Å². The number of aryl methyl sites for hydroxylation is 2. The molecular weight excluding hydrogens is 338 g/mol. The van der Waals surface area contributed by atoms with E-state index >= 15 is 0 Å². The number of nitrogens with zero attached hydrogens (tertiary/aromatic N) is 4. The van der Waals surface area contributed by atoms with E-state index in [0.29, 0.717) is 11.4 Å². The highest BCUT2D eigenvalue weighted by Gasteiger charge is 2.23. The maximum absolute atomic E-state index is 12.6. The topological polar surface area (TPSA) is 89.8 Å². The van der Waals surface area contributed by atoms with Crippen LogP contribution >= 0.6 is 0 Å². The van der Waals surface area contributed by atoms with Crippen LogP contribution in [-0.2, 0) is 23.6 Å². The number of nitrogens with one attached hydrogen (secondary N) is 1. The molecule has 8 heteroatoms. The quantitative estimate of drug-likeness (QED) is 0.754. The van der Waals surface area contributed by atoms with E-state index in [-0.39, 0.29) is 11.4 Å². The van der Waals surface area contributed by atoms with E-state index in [9.17, 15) is 8.42 Å². The second-order valence-corrected chi connectivity index (χ2v) is 7.44. The van der Waals surface area contributed by atoms with E-state index in [2.05, 4.69) is 19.8 Å². The Labute approximate surface area is 146 Å². The van der Waals surface area contributed by atoms with E-state index in [1.807, 2.05) is 18.2 Å². The van der Waals surface area contributed by atoms with Crippen LogP contribution in [0.25, 0.3) is 11.3 Å². The zero-order valence-electron chi connectivity index (χ0n) is 14.3. The van der Waals surface area contributed by atoms with Gasteiger partial charge in [-0.1, -0.05) is 0 Å². The van der Waals surface area contributed by atoms with Crippen molar-refractivity contribution in [3.05, 3.63) is 59.8 Å². The van der Waals surface area contributed by atoms with E-state index < -0.39 is 10.0 Å². The average molecular weight is 357 g/mol. The summed E-state index contributed by atoms with van der Waals surface area (Å²) >= 11 is 0. The van der Waals surface area contributed by atoms with Gasteiger partial charge in [0.25, 0.3) is 0 Å². The monoisotopic (exact) mass is 357 g/mol. The van der Waals surface area contributed by atoms with E-state index in [4.69, 9.17) is 0 Å². The minimum absolute atomic E-state index is 0.177. The van der Waals surface area contributed by atoms with Gasteiger partial charge in [-0.15, -0.1) is 0 Å². The molecule has 0 bridgehead atoms. The van der Waals surface area contributed by atoms with Gasteiger partial charge in [-0.25, -0.2) is 13.1 Å². The van der Waals surface area contributed by atoms with Gasteiger partial charge in [-0.2, -0.15) is 5.10 Å². The van der Waals surface area contributed by atoms with Crippen molar-refractivity contribution in [2.45, 2.75) is 25.3 Å². The molecule has 0 aliphatic heterocycles. The summed E-state index contributed by atoms with van der Waals surface area (Å²) in [6, 6.07) is 7.37. The molecule has 0 atom stereocenters. The molecule has 130 valence electrons. The van der Waals surface area contributed by atoms with Crippen molar-refractivity contribution in [3.8, 4) is 11.3 Å². The van der Waals surface area contributed by atoms with Crippen molar-refractivity contribution in [2.75, 3.05) is 0 Å². The van der Waals surface area contributed by atoms with E-state index in [1.54, 1.807) is 50.2 Å². The minimum atomic E-state index is -3.64. The van der Waals surface area contributed by atoms with Crippen LogP contribution in [0.1, 0.15) is 17.0 Å². The Hall–Kier alpha value is -2.58. The zero-order valence-corrected chi connectivity index (χ0v) is 15.1. The molecule has 0 aliphatic rings. The molecule has 0 fully saturated rings. The summed E-state index contributed by atoms with van der Waals surface area (Å²) in [4.78, 5) is 8.55. The first kappa shape index (κ1) is 17.2. The maximum Gasteiger partial charge on any atom is 0.244 e. The Morgan fingerprint density at radius 3 is 2.48 bits per heavy atom. The normalized spacial score (nSPS) is 11.6. The highest BCUT2D eigenvalue weighted by atomic mass is 32.2. The summed E-state index contributed by atoms with van der Waals surface area (Å²) in [6.45, 7) is 3.61. The number of hydrogen-bond donors (Lipinski definition) is 1. The molecule has 0 spiro atoms. The highest BCUT2D eigenvalue weighted by Crippen LogP contribution is 2.20. The van der Waals surface area contributed by atoms with E-state index in [0.717, 1.165) is 16.8 Å². The van der Waals surface area contributed by atoms with Gasteiger partial charge in [0.05, 0.1) is 17.1 Å². The number of rotatable bonds is 5. The second kappa shape index (κ2) is 6.73. The van der Waals surface area contributed by atoms with Crippen LogP contribution < -0.4 is 4.72 Å². The summed E-state index contributed by atoms with van der Waals surface area (Å²) < 4.78 is 29.5. The summed E-state index contributed by atoms with van der Waals surface area (Å²) in [5.41, 5.74) is 3.62. The molecule has 1 N–H and O–H groups in total. The van der Waals surface area contributed by atoms with Gasteiger partial charge in [0.2, 0.25) is 10.0 Å². The first-order valence-electron chi connectivity index (χ1n) is 7.73. The predicted octanol–water partition coefficient (Wildman–Crippen LogP) is 1.97. The standard InChI is InChI=1S/C17H19N5O2S/c1-12-17(13(2)22(3)21-12)25(23,24)20-11-14-4-9-19-16(10-14)15-5-7-18-8-6-15/h4-10,20H,11H2,1-3H3. The van der Waals surface area contributed by atoms with Crippen LogP contribution in [-0.4, -0.2) is 28.2 Å². The number of aromatic nitrogens is 4. The molecule has 3 rings (SSSR count). The molecule has 0 saturated carbocycles. The van der Waals surface area contributed by atoms with Crippen molar-refractivity contribution in [2.24, 2.45) is 7.05 Å². The third-order valence-electron chi connectivity index (χ3n) is 3.98. The molecule has 0 unspecified atom stereocenters. The Balaban J connectivity index is 1.82. The number of hydrogen-bond acceptors (Lipinski definition) is 5. The molecule has 3 heterocycles. The largest absolute Gasteiger partial charge is 0.271 e. The molecule has 0 saturated heterocycles. The van der Waals surface area contributed by atoms with Crippen LogP contribution in [0.5, 0.6) is 0 Å². The highest BCUT2D eigenvalue weighted by molar-refractivity contribution is 7.89. The van der Waals surface area contributed by atoms with Crippen molar-refractivity contribution >= 4 is 10.0 Å². The molecule has 25 heavy (non-hydrogen) atoms. The first-order valence-corrected chi connectivity index (χ1v) is 9.22. The molecule has 3 aromatic heterocycles. The molecule has 7 nitrogen and oxygen atoms in total. The Bertz CT molecular complexity index is 997. The van der Waals surface area contributed by atoms with Crippen molar-refractivity contribution in [3.63, 3.8) is 0 Å². The summed E-state index contributed by atoms with van der Waals surface area (Å²) in [7, 11) is -1.91. The van der Waals surface area contributed by atoms with Crippen LogP contribution in [0.2, 0.25) is 0 Å². The van der Waals surface area contributed by atoms with E-state index in [1.165, 1.54) is 0 Å². The maximum atomic E-state index is 12.6. The summed E-state index contributed by atoms with van der Waals surface area (Å²) in [5.74, 6) is 0. The van der Waals surface area contributed by atoms with Gasteiger partial charge < -0.3 is 0 Å². The van der Waals surface area contributed by atoms with Crippen LogP contribution in [0.3, 0.4) is 0 Å². The number of pyridine rings is 2. The second-order valence-electron chi connectivity index (χ2n) is 5.73. The minimum Gasteiger partial charge on any atom is -0.271 e. The molecule has 3 aromatic rings.